The lowest BCUT2D eigenvalue weighted by Crippen LogP contribution is -1.97. The third-order valence-corrected chi connectivity index (χ3v) is 2.09. The van der Waals surface area contributed by atoms with Crippen LogP contribution in [0.4, 0.5) is 0 Å². The van der Waals surface area contributed by atoms with Crippen molar-refractivity contribution in [1.82, 2.24) is 0 Å². The molecule has 14 heavy (non-hydrogen) atoms. The standard InChI is InChI=1S/C12H14O2/c1-3-4-12(14)11-7-5-10(6-8-11)9(2)13/h3,5-8,12,14H,1,4H2,2H3. The molecule has 2 nitrogen and oxygen atoms in total. The molecule has 1 N–H and O–H groups in total. The van der Waals surface area contributed by atoms with E-state index < -0.39 is 6.10 Å². The molecule has 0 spiro atoms. The molecule has 0 heterocycles. The Labute approximate surface area is 83.9 Å². The van der Waals surface area contributed by atoms with Crippen molar-refractivity contribution < 1.29 is 9.90 Å². The highest BCUT2D eigenvalue weighted by Gasteiger charge is 2.05. The first-order valence-corrected chi connectivity index (χ1v) is 4.55. The predicted octanol–water partition coefficient (Wildman–Crippen LogP) is 2.50. The van der Waals surface area contributed by atoms with Crippen LogP contribution in [0.2, 0.25) is 0 Å². The highest BCUT2D eigenvalue weighted by atomic mass is 16.3. The molecule has 0 aliphatic rings. The zero-order chi connectivity index (χ0) is 10.6. The Morgan fingerprint density at radius 2 is 2.07 bits per heavy atom. The predicted molar refractivity (Wildman–Crippen MR) is 56.2 cm³/mol. The molecule has 0 saturated carbocycles. The minimum Gasteiger partial charge on any atom is -0.388 e. The Bertz CT molecular complexity index is 325. The molecule has 0 aromatic heterocycles. The molecule has 1 rings (SSSR count). The first-order valence-electron chi connectivity index (χ1n) is 4.55. The summed E-state index contributed by atoms with van der Waals surface area (Å²) < 4.78 is 0. The number of rotatable bonds is 4. The van der Waals surface area contributed by atoms with Crippen molar-refractivity contribution >= 4 is 5.78 Å². The molecule has 74 valence electrons. The largest absolute Gasteiger partial charge is 0.388 e. The van der Waals surface area contributed by atoms with E-state index in [0.717, 1.165) is 5.56 Å². The number of Topliss-reactive ketones (excluding diaryl/α,β-unsaturated/α-hetero) is 1. The smallest absolute Gasteiger partial charge is 0.159 e. The quantitative estimate of drug-likeness (QED) is 0.585. The third kappa shape index (κ3) is 2.54. The topological polar surface area (TPSA) is 37.3 Å². The molecule has 0 saturated heterocycles. The lowest BCUT2D eigenvalue weighted by molar-refractivity contribution is 0.101. The fraction of sp³-hybridized carbons (Fsp3) is 0.250. The molecule has 0 aliphatic heterocycles. The van der Waals surface area contributed by atoms with Crippen LogP contribution < -0.4 is 0 Å². The van der Waals surface area contributed by atoms with Crippen molar-refractivity contribution in [3.8, 4) is 0 Å². The van der Waals surface area contributed by atoms with Gasteiger partial charge in [0.15, 0.2) is 5.78 Å². The molecular formula is C12H14O2. The summed E-state index contributed by atoms with van der Waals surface area (Å²) in [6.45, 7) is 5.08. The van der Waals surface area contributed by atoms with Crippen LogP contribution in [0.5, 0.6) is 0 Å². The van der Waals surface area contributed by atoms with E-state index in [4.69, 9.17) is 0 Å². The van der Waals surface area contributed by atoms with Crippen LogP contribution in [-0.2, 0) is 0 Å². The fourth-order valence-electron chi connectivity index (χ4n) is 1.23. The summed E-state index contributed by atoms with van der Waals surface area (Å²) in [5.41, 5.74) is 1.48. The summed E-state index contributed by atoms with van der Waals surface area (Å²) in [7, 11) is 0. The Morgan fingerprint density at radius 3 is 2.50 bits per heavy atom. The molecule has 1 unspecified atom stereocenters. The SMILES string of the molecule is C=CCC(O)c1ccc(C(C)=O)cc1. The fourth-order valence-corrected chi connectivity index (χ4v) is 1.23. The average Bonchev–Trinajstić information content (AvgIpc) is 2.18. The molecule has 0 aliphatic carbocycles. The van der Waals surface area contributed by atoms with Gasteiger partial charge in [-0.15, -0.1) is 6.58 Å². The average molecular weight is 190 g/mol. The number of aliphatic hydroxyl groups is 1. The highest BCUT2D eigenvalue weighted by Crippen LogP contribution is 2.17. The van der Waals surface area contributed by atoms with Crippen molar-refractivity contribution in [2.45, 2.75) is 19.4 Å². The van der Waals surface area contributed by atoms with E-state index in [1.165, 1.54) is 6.92 Å². The second-order valence-electron chi connectivity index (χ2n) is 3.22. The Morgan fingerprint density at radius 1 is 1.50 bits per heavy atom. The third-order valence-electron chi connectivity index (χ3n) is 2.09. The van der Waals surface area contributed by atoms with Crippen molar-refractivity contribution in [1.29, 1.82) is 0 Å². The van der Waals surface area contributed by atoms with Crippen LogP contribution in [-0.4, -0.2) is 10.9 Å². The number of hydrogen-bond donors (Lipinski definition) is 1. The zero-order valence-electron chi connectivity index (χ0n) is 8.23. The van der Waals surface area contributed by atoms with Gasteiger partial charge in [-0.25, -0.2) is 0 Å². The van der Waals surface area contributed by atoms with E-state index in [1.54, 1.807) is 30.3 Å². The van der Waals surface area contributed by atoms with Crippen molar-refractivity contribution in [2.75, 3.05) is 0 Å². The number of hydrogen-bond acceptors (Lipinski definition) is 2. The minimum atomic E-state index is -0.520. The van der Waals surface area contributed by atoms with E-state index in [9.17, 15) is 9.90 Å². The van der Waals surface area contributed by atoms with Gasteiger partial charge in [-0.3, -0.25) is 4.79 Å². The van der Waals surface area contributed by atoms with Crippen LogP contribution in [0.25, 0.3) is 0 Å². The Balaban J connectivity index is 2.82. The van der Waals surface area contributed by atoms with Gasteiger partial charge in [0.1, 0.15) is 0 Å². The van der Waals surface area contributed by atoms with Crippen molar-refractivity contribution in [3.63, 3.8) is 0 Å². The summed E-state index contributed by atoms with van der Waals surface area (Å²) in [5, 5.41) is 9.59. The molecular weight excluding hydrogens is 176 g/mol. The van der Waals surface area contributed by atoms with Crippen LogP contribution in [0.1, 0.15) is 35.4 Å². The number of aliphatic hydroxyl groups excluding tert-OH is 1. The summed E-state index contributed by atoms with van der Waals surface area (Å²) in [6.07, 6.45) is 1.68. The second-order valence-corrected chi connectivity index (χ2v) is 3.22. The maximum absolute atomic E-state index is 11.0. The second kappa shape index (κ2) is 4.72. The van der Waals surface area contributed by atoms with Gasteiger partial charge in [0.2, 0.25) is 0 Å². The van der Waals surface area contributed by atoms with Gasteiger partial charge in [0, 0.05) is 5.56 Å². The zero-order valence-corrected chi connectivity index (χ0v) is 8.23. The maximum Gasteiger partial charge on any atom is 0.159 e. The molecule has 0 bridgehead atoms. The van der Waals surface area contributed by atoms with E-state index in [1.807, 2.05) is 0 Å². The molecule has 1 aromatic carbocycles. The number of benzene rings is 1. The first-order chi connectivity index (χ1) is 6.65. The molecule has 1 aromatic rings. The Kier molecular flexibility index (Phi) is 3.60. The summed E-state index contributed by atoms with van der Waals surface area (Å²) in [4.78, 5) is 11.0. The van der Waals surface area contributed by atoms with Crippen LogP contribution in [0.15, 0.2) is 36.9 Å². The molecule has 0 radical (unpaired) electrons. The van der Waals surface area contributed by atoms with Gasteiger partial charge in [0.25, 0.3) is 0 Å². The molecule has 1 atom stereocenters. The highest BCUT2D eigenvalue weighted by molar-refractivity contribution is 5.94. The Hall–Kier alpha value is -1.41. The van der Waals surface area contributed by atoms with E-state index in [0.29, 0.717) is 12.0 Å². The monoisotopic (exact) mass is 190 g/mol. The van der Waals surface area contributed by atoms with Gasteiger partial charge in [-0.2, -0.15) is 0 Å². The molecule has 0 fully saturated rings. The van der Waals surface area contributed by atoms with E-state index >= 15 is 0 Å². The lowest BCUT2D eigenvalue weighted by atomic mass is 10.0. The van der Waals surface area contributed by atoms with Gasteiger partial charge >= 0.3 is 0 Å². The molecule has 2 heteroatoms. The van der Waals surface area contributed by atoms with Gasteiger partial charge in [-0.05, 0) is 18.9 Å². The number of carbonyl (C=O) groups excluding carboxylic acids is 1. The number of ketones is 1. The summed E-state index contributed by atoms with van der Waals surface area (Å²) in [6, 6.07) is 6.99. The maximum atomic E-state index is 11.0. The van der Waals surface area contributed by atoms with Crippen molar-refractivity contribution in [3.05, 3.63) is 48.0 Å². The minimum absolute atomic E-state index is 0.0368. The van der Waals surface area contributed by atoms with E-state index in [2.05, 4.69) is 6.58 Å². The van der Waals surface area contributed by atoms with E-state index in [-0.39, 0.29) is 5.78 Å². The van der Waals surface area contributed by atoms with Gasteiger partial charge < -0.3 is 5.11 Å². The normalized spacial score (nSPS) is 12.1. The van der Waals surface area contributed by atoms with Crippen LogP contribution in [0, 0.1) is 0 Å². The first kappa shape index (κ1) is 10.7. The number of carbonyl (C=O) groups is 1. The van der Waals surface area contributed by atoms with Crippen molar-refractivity contribution in [2.24, 2.45) is 0 Å². The lowest BCUT2D eigenvalue weighted by Gasteiger charge is -2.08. The molecule has 0 amide bonds. The van der Waals surface area contributed by atoms with Crippen LogP contribution >= 0.6 is 0 Å². The van der Waals surface area contributed by atoms with Crippen LogP contribution in [0.3, 0.4) is 0 Å². The van der Waals surface area contributed by atoms with Gasteiger partial charge in [-0.1, -0.05) is 30.3 Å². The summed E-state index contributed by atoms with van der Waals surface area (Å²) >= 11 is 0. The van der Waals surface area contributed by atoms with Gasteiger partial charge in [0.05, 0.1) is 6.10 Å². The summed E-state index contributed by atoms with van der Waals surface area (Å²) in [5.74, 6) is 0.0368.